The third-order valence-corrected chi connectivity index (χ3v) is 13.6. The SMILES string of the molecule is C=C(C)C1CCC2(CCOC)CCC3(C)C(CCC4C5(C)CC[CH-]C(C)(C)C5CCC43C)C12.[Y]. The molecule has 5 aliphatic carbocycles. The van der Waals surface area contributed by atoms with Crippen LogP contribution in [0.2, 0.25) is 0 Å². The standard InChI is InChI=1S/C32H53O.Y/c1-22(2)23-12-17-32(20-21-33-8)19-18-30(6)24(27(23)32)10-11-26-29(5)15-9-14-28(3,4)25(29)13-16-31(26,30)7;/h14,23-27H,1,9-13,15-21H2,2-8H3;/q-1;. The molecular formula is C32H53OY-. The monoisotopic (exact) mass is 542 g/mol. The van der Waals surface area contributed by atoms with Gasteiger partial charge in [-0.3, -0.25) is 0 Å². The maximum atomic E-state index is 5.68. The Bertz CT molecular complexity index is 788. The zero-order valence-electron chi connectivity index (χ0n) is 23.6. The second-order valence-corrected chi connectivity index (χ2v) is 14.9. The van der Waals surface area contributed by atoms with Crippen LogP contribution in [0.4, 0.5) is 0 Å². The van der Waals surface area contributed by atoms with Gasteiger partial charge in [0.1, 0.15) is 0 Å². The van der Waals surface area contributed by atoms with E-state index in [9.17, 15) is 0 Å². The van der Waals surface area contributed by atoms with Crippen molar-refractivity contribution in [1.82, 2.24) is 0 Å². The number of ether oxygens (including phenoxy) is 1. The average molecular weight is 543 g/mol. The van der Waals surface area contributed by atoms with Crippen molar-refractivity contribution in [2.24, 2.45) is 56.7 Å². The summed E-state index contributed by atoms with van der Waals surface area (Å²) in [5, 5.41) is 0. The molecule has 9 atom stereocenters. The fraction of sp³-hybridized carbons (Fsp3) is 0.906. The second kappa shape index (κ2) is 9.22. The van der Waals surface area contributed by atoms with Gasteiger partial charge in [0.15, 0.2) is 0 Å². The van der Waals surface area contributed by atoms with E-state index in [0.29, 0.717) is 27.1 Å². The third-order valence-electron chi connectivity index (χ3n) is 13.6. The van der Waals surface area contributed by atoms with E-state index in [1.54, 1.807) is 0 Å². The van der Waals surface area contributed by atoms with Crippen molar-refractivity contribution in [3.63, 3.8) is 0 Å². The predicted octanol–water partition coefficient (Wildman–Crippen LogP) is 8.88. The minimum absolute atomic E-state index is 0. The molecule has 0 aliphatic heterocycles. The Morgan fingerprint density at radius 2 is 1.62 bits per heavy atom. The second-order valence-electron chi connectivity index (χ2n) is 14.9. The van der Waals surface area contributed by atoms with Gasteiger partial charge in [-0.05, 0) is 104 Å². The summed E-state index contributed by atoms with van der Waals surface area (Å²) in [6.45, 7) is 21.2. The number of allylic oxidation sites excluding steroid dienone is 1. The molecule has 0 aromatic rings. The van der Waals surface area contributed by atoms with Crippen molar-refractivity contribution in [1.29, 1.82) is 0 Å². The summed E-state index contributed by atoms with van der Waals surface area (Å²) in [7, 11) is 1.90. The first kappa shape index (κ1) is 27.8. The molecule has 0 aromatic carbocycles. The van der Waals surface area contributed by atoms with Gasteiger partial charge in [0.2, 0.25) is 0 Å². The minimum Gasteiger partial charge on any atom is -0.385 e. The molecule has 1 nitrogen and oxygen atoms in total. The van der Waals surface area contributed by atoms with Gasteiger partial charge in [0, 0.05) is 46.4 Å². The van der Waals surface area contributed by atoms with Crippen molar-refractivity contribution in [3.05, 3.63) is 18.6 Å². The fourth-order valence-electron chi connectivity index (χ4n) is 11.9. The summed E-state index contributed by atoms with van der Waals surface area (Å²) >= 11 is 0. The van der Waals surface area contributed by atoms with Gasteiger partial charge in [-0.1, -0.05) is 65.5 Å². The summed E-state index contributed by atoms with van der Waals surface area (Å²) in [4.78, 5) is 0. The molecule has 5 saturated carbocycles. The van der Waals surface area contributed by atoms with Crippen LogP contribution < -0.4 is 0 Å². The van der Waals surface area contributed by atoms with Crippen molar-refractivity contribution in [2.75, 3.05) is 13.7 Å². The summed E-state index contributed by atoms with van der Waals surface area (Å²) in [5.74, 6) is 4.21. The molecule has 0 aromatic heterocycles. The molecular weight excluding hydrogens is 489 g/mol. The summed E-state index contributed by atoms with van der Waals surface area (Å²) < 4.78 is 5.68. The molecule has 0 N–H and O–H groups in total. The molecule has 191 valence electrons. The number of hydrogen-bond donors (Lipinski definition) is 0. The van der Waals surface area contributed by atoms with Gasteiger partial charge in [-0.25, -0.2) is 0 Å². The maximum Gasteiger partial charge on any atom is 0.0467 e. The quantitative estimate of drug-likeness (QED) is 0.255. The first-order valence-electron chi connectivity index (χ1n) is 14.4. The van der Waals surface area contributed by atoms with Crippen LogP contribution >= 0.6 is 0 Å². The molecule has 0 saturated heterocycles. The van der Waals surface area contributed by atoms with E-state index in [4.69, 9.17) is 4.74 Å². The molecule has 0 spiro atoms. The van der Waals surface area contributed by atoms with Gasteiger partial charge in [-0.15, -0.1) is 0 Å². The zero-order valence-corrected chi connectivity index (χ0v) is 26.5. The van der Waals surface area contributed by atoms with E-state index in [-0.39, 0.29) is 32.7 Å². The molecule has 9 unspecified atom stereocenters. The van der Waals surface area contributed by atoms with Crippen LogP contribution in [-0.2, 0) is 37.4 Å². The van der Waals surface area contributed by atoms with Gasteiger partial charge in [0.25, 0.3) is 0 Å². The number of hydrogen-bond acceptors (Lipinski definition) is 1. The van der Waals surface area contributed by atoms with E-state index >= 15 is 0 Å². The topological polar surface area (TPSA) is 9.23 Å². The summed E-state index contributed by atoms with van der Waals surface area (Å²) in [5.41, 5.74) is 3.88. The van der Waals surface area contributed by atoms with Crippen molar-refractivity contribution >= 4 is 0 Å². The predicted molar refractivity (Wildman–Crippen MR) is 140 cm³/mol. The van der Waals surface area contributed by atoms with Crippen LogP contribution in [0.1, 0.15) is 112 Å². The maximum absolute atomic E-state index is 5.68. The van der Waals surface area contributed by atoms with Crippen molar-refractivity contribution in [3.8, 4) is 0 Å². The van der Waals surface area contributed by atoms with Crippen LogP contribution in [0.5, 0.6) is 0 Å². The Morgan fingerprint density at radius 1 is 0.882 bits per heavy atom. The van der Waals surface area contributed by atoms with E-state index in [1.807, 2.05) is 7.11 Å². The van der Waals surface area contributed by atoms with E-state index in [1.165, 1.54) is 76.2 Å². The van der Waals surface area contributed by atoms with Crippen LogP contribution in [-0.4, -0.2) is 13.7 Å². The Kier molecular flexibility index (Phi) is 7.55. The molecule has 0 heterocycles. The Morgan fingerprint density at radius 3 is 2.29 bits per heavy atom. The summed E-state index contributed by atoms with van der Waals surface area (Å²) in [6, 6.07) is 0. The van der Waals surface area contributed by atoms with Crippen LogP contribution in [0.25, 0.3) is 0 Å². The molecule has 1 radical (unpaired) electrons. The van der Waals surface area contributed by atoms with Gasteiger partial charge in [0.05, 0.1) is 0 Å². The zero-order chi connectivity index (χ0) is 23.9. The molecule has 34 heavy (non-hydrogen) atoms. The molecule has 5 fully saturated rings. The molecule has 5 rings (SSSR count). The van der Waals surface area contributed by atoms with Gasteiger partial charge < -0.3 is 11.2 Å². The average Bonchev–Trinajstić information content (AvgIpc) is 3.12. The molecule has 0 amide bonds. The molecule has 0 bridgehead atoms. The van der Waals surface area contributed by atoms with Crippen molar-refractivity contribution in [2.45, 2.75) is 112 Å². The van der Waals surface area contributed by atoms with Crippen LogP contribution in [0.3, 0.4) is 0 Å². The normalized spacial score (nSPS) is 51.3. The number of fused-ring (bicyclic) bond motifs is 7. The minimum atomic E-state index is 0. The Hall–Kier alpha value is 0.804. The Labute approximate surface area is 237 Å². The van der Waals surface area contributed by atoms with E-state index in [0.717, 1.165) is 36.2 Å². The van der Waals surface area contributed by atoms with Gasteiger partial charge >= 0.3 is 0 Å². The van der Waals surface area contributed by atoms with Crippen LogP contribution in [0.15, 0.2) is 12.2 Å². The number of methoxy groups -OCH3 is 1. The fourth-order valence-corrected chi connectivity index (χ4v) is 11.9. The van der Waals surface area contributed by atoms with E-state index in [2.05, 4.69) is 54.5 Å². The third kappa shape index (κ3) is 3.69. The first-order chi connectivity index (χ1) is 15.5. The van der Waals surface area contributed by atoms with E-state index < -0.39 is 0 Å². The van der Waals surface area contributed by atoms with Crippen molar-refractivity contribution < 1.29 is 37.4 Å². The summed E-state index contributed by atoms with van der Waals surface area (Å²) in [6.07, 6.45) is 18.2. The molecule has 5 aliphatic rings. The molecule has 2 heteroatoms. The first-order valence-corrected chi connectivity index (χ1v) is 14.4. The van der Waals surface area contributed by atoms with Crippen LogP contribution in [0, 0.1) is 63.1 Å². The largest absolute Gasteiger partial charge is 0.385 e. The smallest absolute Gasteiger partial charge is 0.0467 e. The van der Waals surface area contributed by atoms with Gasteiger partial charge in [-0.2, -0.15) is 11.8 Å². The Balaban J connectivity index is 0.00000274. The number of rotatable bonds is 4.